The maximum atomic E-state index is 13.2. The van der Waals surface area contributed by atoms with E-state index in [-0.39, 0.29) is 41.3 Å². The fourth-order valence-corrected chi connectivity index (χ4v) is 5.81. The summed E-state index contributed by atoms with van der Waals surface area (Å²) >= 11 is 0. The van der Waals surface area contributed by atoms with E-state index in [2.05, 4.69) is 5.32 Å². The summed E-state index contributed by atoms with van der Waals surface area (Å²) in [5, 5.41) is 2.97. The highest BCUT2D eigenvalue weighted by atomic mass is 32.2. The first-order chi connectivity index (χ1) is 13.6. The van der Waals surface area contributed by atoms with Gasteiger partial charge in [0.1, 0.15) is 0 Å². The van der Waals surface area contributed by atoms with Crippen LogP contribution in [0.4, 0.5) is 5.69 Å². The van der Waals surface area contributed by atoms with E-state index >= 15 is 0 Å². The summed E-state index contributed by atoms with van der Waals surface area (Å²) in [5.74, 6) is -0.438. The molecule has 2 aliphatic heterocycles. The van der Waals surface area contributed by atoms with Crippen molar-refractivity contribution >= 4 is 27.5 Å². The number of amides is 2. The van der Waals surface area contributed by atoms with Crippen molar-refractivity contribution in [1.29, 1.82) is 0 Å². The molecule has 1 N–H and O–H groups in total. The van der Waals surface area contributed by atoms with Gasteiger partial charge in [-0.2, -0.15) is 4.31 Å². The predicted octanol–water partition coefficient (Wildman–Crippen LogP) is 2.30. The molecular weight excluding hydrogens is 390 g/mol. The van der Waals surface area contributed by atoms with Crippen molar-refractivity contribution < 1.29 is 18.0 Å². The third-order valence-corrected chi connectivity index (χ3v) is 7.86. The van der Waals surface area contributed by atoms with E-state index in [1.807, 2.05) is 20.8 Å². The van der Waals surface area contributed by atoms with Crippen LogP contribution in [-0.4, -0.2) is 49.7 Å². The number of sulfonamides is 1. The number of nitrogens with zero attached hydrogens (tertiary/aromatic N) is 2. The number of hydrogen-bond acceptors (Lipinski definition) is 4. The minimum Gasteiger partial charge on any atom is -0.353 e. The molecule has 1 saturated heterocycles. The number of benzene rings is 1. The lowest BCUT2D eigenvalue weighted by Crippen LogP contribution is -2.47. The van der Waals surface area contributed by atoms with Gasteiger partial charge in [-0.25, -0.2) is 8.42 Å². The standard InChI is InChI=1S/C21H31N3O4S/c1-5-14(2)22-21(26)17-7-6-10-23(13-17)29(27,28)19-8-9-20-18(12-19)11-15(3)24(20)16(4)25/h8-9,12,14-15,17H,5-7,10-11,13H2,1-4H3,(H,22,26)/t14-,15+,17+/m0/s1. The molecule has 0 spiro atoms. The second kappa shape index (κ2) is 8.44. The number of fused-ring (bicyclic) bond motifs is 1. The number of anilines is 1. The van der Waals surface area contributed by atoms with Crippen LogP contribution in [-0.2, 0) is 26.0 Å². The van der Waals surface area contributed by atoms with Crippen LogP contribution in [0.5, 0.6) is 0 Å². The van der Waals surface area contributed by atoms with Crippen molar-refractivity contribution in [1.82, 2.24) is 9.62 Å². The molecule has 0 radical (unpaired) electrons. The van der Waals surface area contributed by atoms with E-state index in [1.54, 1.807) is 23.1 Å². The van der Waals surface area contributed by atoms with Gasteiger partial charge in [0.25, 0.3) is 0 Å². The van der Waals surface area contributed by atoms with E-state index in [9.17, 15) is 18.0 Å². The summed E-state index contributed by atoms with van der Waals surface area (Å²) in [6.45, 7) is 8.06. The molecule has 0 unspecified atom stereocenters. The van der Waals surface area contributed by atoms with Gasteiger partial charge in [0.05, 0.1) is 10.8 Å². The topological polar surface area (TPSA) is 86.8 Å². The largest absolute Gasteiger partial charge is 0.353 e. The van der Waals surface area contributed by atoms with Gasteiger partial charge in [-0.1, -0.05) is 6.92 Å². The molecule has 0 aliphatic carbocycles. The molecule has 1 aromatic carbocycles. The second-order valence-electron chi connectivity index (χ2n) is 8.25. The Labute approximate surface area is 173 Å². The Hall–Kier alpha value is -1.93. The summed E-state index contributed by atoms with van der Waals surface area (Å²) in [7, 11) is -3.69. The quantitative estimate of drug-likeness (QED) is 0.790. The fraction of sp³-hybridized carbons (Fsp3) is 0.619. The minimum absolute atomic E-state index is 0.0177. The zero-order valence-electron chi connectivity index (χ0n) is 17.6. The van der Waals surface area contributed by atoms with Gasteiger partial charge in [0.2, 0.25) is 21.8 Å². The average Bonchev–Trinajstić information content (AvgIpc) is 3.02. The normalized spacial score (nSPS) is 23.5. The van der Waals surface area contributed by atoms with Crippen LogP contribution < -0.4 is 10.2 Å². The molecule has 0 aromatic heterocycles. The zero-order chi connectivity index (χ0) is 21.3. The molecule has 1 fully saturated rings. The number of piperidine rings is 1. The zero-order valence-corrected chi connectivity index (χ0v) is 18.5. The molecule has 29 heavy (non-hydrogen) atoms. The van der Waals surface area contributed by atoms with Gasteiger partial charge >= 0.3 is 0 Å². The first-order valence-electron chi connectivity index (χ1n) is 10.4. The van der Waals surface area contributed by atoms with E-state index in [0.717, 1.165) is 17.7 Å². The van der Waals surface area contributed by atoms with Crippen LogP contribution in [0.3, 0.4) is 0 Å². The molecule has 2 heterocycles. The lowest BCUT2D eigenvalue weighted by Gasteiger charge is -2.32. The third-order valence-electron chi connectivity index (χ3n) is 6.00. The number of carbonyl (C=O) groups is 2. The van der Waals surface area contributed by atoms with Crippen LogP contribution in [0.1, 0.15) is 52.5 Å². The monoisotopic (exact) mass is 421 g/mol. The molecule has 2 amide bonds. The van der Waals surface area contributed by atoms with Crippen LogP contribution in [0.15, 0.2) is 23.1 Å². The van der Waals surface area contributed by atoms with Gasteiger partial charge in [0.15, 0.2) is 0 Å². The Morgan fingerprint density at radius 1 is 1.31 bits per heavy atom. The summed E-state index contributed by atoms with van der Waals surface area (Å²) in [6, 6.07) is 5.09. The van der Waals surface area contributed by atoms with Crippen LogP contribution in [0.25, 0.3) is 0 Å². The molecular formula is C21H31N3O4S. The maximum absolute atomic E-state index is 13.2. The van der Waals surface area contributed by atoms with Crippen molar-refractivity contribution in [3.63, 3.8) is 0 Å². The van der Waals surface area contributed by atoms with Crippen LogP contribution in [0, 0.1) is 5.92 Å². The fourth-order valence-electron chi connectivity index (χ4n) is 4.23. The SMILES string of the molecule is CC[C@H](C)NC(=O)[C@@H]1CCCN(S(=O)(=O)c2ccc3c(c2)C[C@@H](C)N3C(C)=O)C1. The first-order valence-corrected chi connectivity index (χ1v) is 11.8. The summed E-state index contributed by atoms with van der Waals surface area (Å²) < 4.78 is 27.9. The number of carbonyl (C=O) groups excluding carboxylic acids is 2. The highest BCUT2D eigenvalue weighted by Crippen LogP contribution is 2.35. The Balaban J connectivity index is 1.80. The number of rotatable bonds is 5. The van der Waals surface area contributed by atoms with Gasteiger partial charge in [-0.15, -0.1) is 0 Å². The molecule has 7 nitrogen and oxygen atoms in total. The van der Waals surface area contributed by atoms with E-state index in [0.29, 0.717) is 25.8 Å². The van der Waals surface area contributed by atoms with Crippen LogP contribution in [0.2, 0.25) is 0 Å². The van der Waals surface area contributed by atoms with Crippen molar-refractivity contribution in [3.05, 3.63) is 23.8 Å². The Morgan fingerprint density at radius 3 is 2.69 bits per heavy atom. The molecule has 0 saturated carbocycles. The van der Waals surface area contributed by atoms with Gasteiger partial charge in [-0.3, -0.25) is 9.59 Å². The molecule has 2 aliphatic rings. The molecule has 3 atom stereocenters. The van der Waals surface area contributed by atoms with Gasteiger partial charge in [0, 0.05) is 37.8 Å². The van der Waals surface area contributed by atoms with E-state index in [4.69, 9.17) is 0 Å². The Kier molecular flexibility index (Phi) is 6.33. The summed E-state index contributed by atoms with van der Waals surface area (Å²) in [4.78, 5) is 26.3. The van der Waals surface area contributed by atoms with Crippen LogP contribution >= 0.6 is 0 Å². The van der Waals surface area contributed by atoms with Gasteiger partial charge < -0.3 is 10.2 Å². The summed E-state index contributed by atoms with van der Waals surface area (Å²) in [5.41, 5.74) is 1.66. The number of hydrogen-bond donors (Lipinski definition) is 1. The van der Waals surface area contributed by atoms with Crippen molar-refractivity contribution in [2.45, 2.75) is 70.4 Å². The van der Waals surface area contributed by atoms with Gasteiger partial charge in [-0.05, 0) is 63.3 Å². The highest BCUT2D eigenvalue weighted by Gasteiger charge is 2.35. The molecule has 1 aromatic rings. The van der Waals surface area contributed by atoms with E-state index < -0.39 is 10.0 Å². The first kappa shape index (κ1) is 21.8. The van der Waals surface area contributed by atoms with Crippen molar-refractivity contribution in [2.24, 2.45) is 5.92 Å². The third kappa shape index (κ3) is 4.33. The summed E-state index contributed by atoms with van der Waals surface area (Å²) in [6.07, 6.45) is 2.84. The maximum Gasteiger partial charge on any atom is 0.243 e. The number of nitrogens with one attached hydrogen (secondary N) is 1. The van der Waals surface area contributed by atoms with Crippen molar-refractivity contribution in [3.8, 4) is 0 Å². The predicted molar refractivity (Wildman–Crippen MR) is 112 cm³/mol. The Morgan fingerprint density at radius 2 is 2.03 bits per heavy atom. The Bertz CT molecular complexity index is 899. The lowest BCUT2D eigenvalue weighted by atomic mass is 9.98. The average molecular weight is 422 g/mol. The van der Waals surface area contributed by atoms with E-state index in [1.165, 1.54) is 11.2 Å². The lowest BCUT2D eigenvalue weighted by molar-refractivity contribution is -0.126. The second-order valence-corrected chi connectivity index (χ2v) is 10.2. The molecule has 8 heteroatoms. The molecule has 0 bridgehead atoms. The molecule has 3 rings (SSSR count). The van der Waals surface area contributed by atoms with Crippen molar-refractivity contribution in [2.75, 3.05) is 18.0 Å². The molecule has 160 valence electrons. The highest BCUT2D eigenvalue weighted by molar-refractivity contribution is 7.89. The smallest absolute Gasteiger partial charge is 0.243 e. The minimum atomic E-state index is -3.69.